The van der Waals surface area contributed by atoms with Gasteiger partial charge in [0.1, 0.15) is 7.85 Å². The van der Waals surface area contributed by atoms with Crippen molar-refractivity contribution in [2.24, 2.45) is 0 Å². The molecule has 1 aromatic heterocycles. The summed E-state index contributed by atoms with van der Waals surface area (Å²) < 4.78 is 2.21. The Kier molecular flexibility index (Phi) is 4.76. The molecule has 4 heteroatoms. The van der Waals surface area contributed by atoms with Crippen LogP contribution in [0, 0.1) is 0 Å². The Morgan fingerprint density at radius 3 is 2.69 bits per heavy atom. The molecule has 0 aliphatic carbocycles. The van der Waals surface area contributed by atoms with Gasteiger partial charge in [0.25, 0.3) is 0 Å². The molecule has 1 unspecified atom stereocenters. The molecule has 3 aromatic rings. The third kappa shape index (κ3) is 3.51. The molecule has 1 N–H and O–H groups in total. The lowest BCUT2D eigenvalue weighted by molar-refractivity contribution is 0.458. The summed E-state index contributed by atoms with van der Waals surface area (Å²) in [6, 6.07) is 20.0. The van der Waals surface area contributed by atoms with E-state index in [1.165, 1.54) is 5.56 Å². The third-order valence-corrected chi connectivity index (χ3v) is 5.01. The largest absolute Gasteiger partial charge is 0.348 e. The van der Waals surface area contributed by atoms with E-state index in [0.717, 1.165) is 48.2 Å². The molecule has 0 spiro atoms. The zero-order valence-corrected chi connectivity index (χ0v) is 14.7. The molecule has 3 nitrogen and oxygen atoms in total. The second-order valence-corrected chi connectivity index (χ2v) is 6.82. The number of nitrogens with zero attached hydrogens (tertiary/aromatic N) is 1. The van der Waals surface area contributed by atoms with Gasteiger partial charge in [-0.05, 0) is 24.0 Å². The van der Waals surface area contributed by atoms with E-state index in [1.807, 2.05) is 42.6 Å². The number of aryl methyl sites for hydroxylation is 2. The Balaban J connectivity index is 1.63. The van der Waals surface area contributed by atoms with Gasteiger partial charge in [-0.2, -0.15) is 0 Å². The van der Waals surface area contributed by atoms with Gasteiger partial charge in [-0.3, -0.25) is 4.79 Å². The van der Waals surface area contributed by atoms with Crippen molar-refractivity contribution in [2.75, 3.05) is 6.54 Å². The topological polar surface area (TPSA) is 34.0 Å². The van der Waals surface area contributed by atoms with Crippen molar-refractivity contribution in [3.63, 3.8) is 0 Å². The fourth-order valence-electron chi connectivity index (χ4n) is 3.65. The Bertz CT molecular complexity index is 965. The third-order valence-electron chi connectivity index (χ3n) is 5.01. The highest BCUT2D eigenvalue weighted by molar-refractivity contribution is 6.32. The van der Waals surface area contributed by atoms with Gasteiger partial charge in [-0.1, -0.05) is 60.1 Å². The second-order valence-electron chi connectivity index (χ2n) is 6.82. The van der Waals surface area contributed by atoms with E-state index in [0.29, 0.717) is 0 Å². The molecule has 128 valence electrons. The van der Waals surface area contributed by atoms with E-state index < -0.39 is 0 Å². The van der Waals surface area contributed by atoms with Gasteiger partial charge >= 0.3 is 0 Å². The zero-order valence-electron chi connectivity index (χ0n) is 14.7. The summed E-state index contributed by atoms with van der Waals surface area (Å²) >= 11 is 0. The molecule has 0 saturated heterocycles. The maximum Gasteiger partial charge on any atom is 0.185 e. The van der Waals surface area contributed by atoms with Crippen molar-refractivity contribution in [1.29, 1.82) is 0 Å². The van der Waals surface area contributed by atoms with E-state index in [4.69, 9.17) is 7.85 Å². The highest BCUT2D eigenvalue weighted by atomic mass is 16.1. The summed E-state index contributed by atoms with van der Waals surface area (Å²) in [5, 5.41) is 3.51. The Labute approximate surface area is 155 Å². The summed E-state index contributed by atoms with van der Waals surface area (Å²) in [6.07, 6.45) is 3.69. The maximum atomic E-state index is 12.7. The Morgan fingerprint density at radius 2 is 1.88 bits per heavy atom. The van der Waals surface area contributed by atoms with E-state index in [2.05, 4.69) is 28.1 Å². The van der Waals surface area contributed by atoms with Gasteiger partial charge in [-0.15, -0.1) is 0 Å². The second kappa shape index (κ2) is 7.34. The minimum atomic E-state index is 0.00289. The number of hydrogen-bond acceptors (Lipinski definition) is 2. The van der Waals surface area contributed by atoms with Gasteiger partial charge in [0.15, 0.2) is 5.43 Å². The summed E-state index contributed by atoms with van der Waals surface area (Å²) in [5.41, 5.74) is 5.10. The normalized spacial score (nSPS) is 16.2. The summed E-state index contributed by atoms with van der Waals surface area (Å²) in [7, 11) is 5.94. The molecule has 1 aliphatic rings. The van der Waals surface area contributed by atoms with Crippen molar-refractivity contribution in [2.45, 2.75) is 25.4 Å². The molecule has 2 aromatic carbocycles. The van der Waals surface area contributed by atoms with Crippen molar-refractivity contribution in [1.82, 2.24) is 9.88 Å². The van der Waals surface area contributed by atoms with E-state index >= 15 is 0 Å². The minimum Gasteiger partial charge on any atom is -0.348 e. The van der Waals surface area contributed by atoms with Crippen LogP contribution in [0.4, 0.5) is 0 Å². The summed E-state index contributed by atoms with van der Waals surface area (Å²) in [4.78, 5) is 12.7. The molecule has 2 heterocycles. The number of hydrogen-bond donors (Lipinski definition) is 1. The average Bonchev–Trinajstić information content (AvgIpc) is 2.67. The fourth-order valence-corrected chi connectivity index (χ4v) is 3.65. The molecule has 0 fully saturated rings. The number of aromatic nitrogens is 1. The van der Waals surface area contributed by atoms with E-state index in [-0.39, 0.29) is 11.5 Å². The number of nitrogens with one attached hydrogen (secondary N) is 1. The van der Waals surface area contributed by atoms with Crippen LogP contribution < -0.4 is 16.2 Å². The van der Waals surface area contributed by atoms with Crippen LogP contribution >= 0.6 is 0 Å². The Morgan fingerprint density at radius 1 is 1.04 bits per heavy atom. The van der Waals surface area contributed by atoms with Crippen LogP contribution in [0.1, 0.15) is 28.4 Å². The van der Waals surface area contributed by atoms with Crippen LogP contribution in [0.3, 0.4) is 0 Å². The van der Waals surface area contributed by atoms with Crippen molar-refractivity contribution >= 4 is 13.3 Å². The van der Waals surface area contributed by atoms with Crippen LogP contribution in [0.2, 0.25) is 0 Å². The van der Waals surface area contributed by atoms with E-state index in [1.54, 1.807) is 6.07 Å². The van der Waals surface area contributed by atoms with Crippen molar-refractivity contribution < 1.29 is 0 Å². The number of benzene rings is 2. The highest BCUT2D eigenvalue weighted by Gasteiger charge is 2.22. The smallest absolute Gasteiger partial charge is 0.185 e. The summed E-state index contributed by atoms with van der Waals surface area (Å²) in [6.45, 7) is 1.74. The van der Waals surface area contributed by atoms with Crippen LogP contribution in [0.5, 0.6) is 0 Å². The average molecular weight is 340 g/mol. The Hall–Kier alpha value is -2.59. The first kappa shape index (κ1) is 16.9. The molecule has 26 heavy (non-hydrogen) atoms. The maximum absolute atomic E-state index is 12.7. The molecular weight excluding hydrogens is 319 g/mol. The first-order chi connectivity index (χ1) is 12.7. The lowest BCUT2D eigenvalue weighted by atomic mass is 9.91. The fraction of sp³-hybridized carbons (Fsp3) is 0.227. The lowest BCUT2D eigenvalue weighted by Crippen LogP contribution is -2.36. The highest BCUT2D eigenvalue weighted by Crippen LogP contribution is 2.23. The van der Waals surface area contributed by atoms with Gasteiger partial charge in [0.2, 0.25) is 0 Å². The SMILES string of the molecule is [B]c1cccc(C2NCCn3cc(CCc4ccccc4)c(=O)cc32)c1. The molecular formula is C22H21BN2O. The van der Waals surface area contributed by atoms with Gasteiger partial charge in [-0.25, -0.2) is 0 Å². The zero-order chi connectivity index (χ0) is 17.9. The number of pyridine rings is 1. The van der Waals surface area contributed by atoms with Crippen LogP contribution in [0.15, 0.2) is 71.7 Å². The number of rotatable bonds is 4. The molecule has 4 rings (SSSR count). The van der Waals surface area contributed by atoms with Crippen LogP contribution in [0.25, 0.3) is 0 Å². The van der Waals surface area contributed by atoms with Gasteiger partial charge < -0.3 is 9.88 Å². The molecule has 0 bridgehead atoms. The standard InChI is InChI=1S/C22H21BN2O/c23-19-8-4-7-17(13-19)22-20-14-21(26)18(15-25(20)12-11-24-22)10-9-16-5-2-1-3-6-16/h1-8,13-15,22,24H,9-12H2. The first-order valence-electron chi connectivity index (χ1n) is 9.07. The predicted octanol–water partition coefficient (Wildman–Crippen LogP) is 2.12. The van der Waals surface area contributed by atoms with Crippen molar-refractivity contribution in [3.05, 3.63) is 99.5 Å². The first-order valence-corrected chi connectivity index (χ1v) is 9.07. The van der Waals surface area contributed by atoms with Crippen LogP contribution in [-0.4, -0.2) is 19.0 Å². The monoisotopic (exact) mass is 340 g/mol. The molecule has 0 amide bonds. The van der Waals surface area contributed by atoms with Gasteiger partial charge in [0.05, 0.1) is 6.04 Å². The van der Waals surface area contributed by atoms with E-state index in [9.17, 15) is 4.79 Å². The molecule has 1 atom stereocenters. The minimum absolute atomic E-state index is 0.00289. The van der Waals surface area contributed by atoms with Crippen LogP contribution in [-0.2, 0) is 19.4 Å². The molecule has 1 aliphatic heterocycles. The summed E-state index contributed by atoms with van der Waals surface area (Å²) in [5.74, 6) is 0. The quantitative estimate of drug-likeness (QED) is 0.739. The molecule has 0 saturated carbocycles. The number of fused-ring (bicyclic) bond motifs is 1. The lowest BCUT2D eigenvalue weighted by Gasteiger charge is -2.29. The van der Waals surface area contributed by atoms with Gasteiger partial charge in [0, 0.05) is 36.6 Å². The predicted molar refractivity (Wildman–Crippen MR) is 106 cm³/mol. The molecule has 2 radical (unpaired) electrons. The van der Waals surface area contributed by atoms with Crippen molar-refractivity contribution in [3.8, 4) is 0 Å².